The fourth-order valence-corrected chi connectivity index (χ4v) is 3.66. The Balaban J connectivity index is 1.80. The van der Waals surface area contributed by atoms with Crippen LogP contribution in [-0.2, 0) is 17.6 Å². The molecule has 0 aliphatic heterocycles. The third-order valence-corrected chi connectivity index (χ3v) is 5.31. The lowest BCUT2D eigenvalue weighted by atomic mass is 9.77. The summed E-state index contributed by atoms with van der Waals surface area (Å²) in [7, 11) is 0. The molecule has 0 aromatic carbocycles. The zero-order chi connectivity index (χ0) is 16.4. The molecule has 1 amide bonds. The summed E-state index contributed by atoms with van der Waals surface area (Å²) in [5, 5.41) is 16.3. The molecular formula is C17H24N2O4. The molecule has 1 heterocycles. The number of amides is 1. The second-order valence-electron chi connectivity index (χ2n) is 7.02. The van der Waals surface area contributed by atoms with Gasteiger partial charge in [-0.05, 0) is 50.9 Å². The fraction of sp³-hybridized carbons (Fsp3) is 0.706. The predicted molar refractivity (Wildman–Crippen MR) is 83.2 cm³/mol. The molecule has 0 spiro atoms. The van der Waals surface area contributed by atoms with E-state index in [9.17, 15) is 14.7 Å². The lowest BCUT2D eigenvalue weighted by molar-refractivity contribution is -0.146. The van der Waals surface area contributed by atoms with Crippen molar-refractivity contribution >= 4 is 11.9 Å². The normalized spacial score (nSPS) is 27.8. The minimum atomic E-state index is -1.17. The predicted octanol–water partition coefficient (Wildman–Crippen LogP) is 2.71. The Hall–Kier alpha value is -1.85. The van der Waals surface area contributed by atoms with E-state index in [1.54, 1.807) is 0 Å². The summed E-state index contributed by atoms with van der Waals surface area (Å²) >= 11 is 0. The van der Waals surface area contributed by atoms with Gasteiger partial charge in [-0.1, -0.05) is 18.5 Å². The molecule has 1 aromatic rings. The van der Waals surface area contributed by atoms with Crippen LogP contribution in [0.4, 0.5) is 0 Å². The van der Waals surface area contributed by atoms with Crippen LogP contribution in [0, 0.1) is 5.92 Å². The number of rotatable bonds is 3. The maximum absolute atomic E-state index is 12.7. The lowest BCUT2D eigenvalue weighted by Crippen LogP contribution is -2.56. The second-order valence-corrected chi connectivity index (χ2v) is 7.02. The van der Waals surface area contributed by atoms with Gasteiger partial charge in [-0.3, -0.25) is 4.79 Å². The molecule has 1 saturated carbocycles. The van der Waals surface area contributed by atoms with Crippen molar-refractivity contribution in [3.8, 4) is 0 Å². The topological polar surface area (TPSA) is 92.4 Å². The van der Waals surface area contributed by atoms with E-state index in [0.29, 0.717) is 18.8 Å². The average Bonchev–Trinajstić information content (AvgIpc) is 2.78. The lowest BCUT2D eigenvalue weighted by Gasteiger charge is -2.36. The number of carbonyl (C=O) groups is 2. The highest BCUT2D eigenvalue weighted by molar-refractivity contribution is 5.97. The Morgan fingerprint density at radius 2 is 1.91 bits per heavy atom. The van der Waals surface area contributed by atoms with Crippen LogP contribution in [0.15, 0.2) is 4.52 Å². The Morgan fingerprint density at radius 1 is 1.22 bits per heavy atom. The number of aliphatic carboxylic acids is 1. The molecule has 2 aliphatic rings. The summed E-state index contributed by atoms with van der Waals surface area (Å²) in [6.07, 6.45) is 7.30. The van der Waals surface area contributed by atoms with Gasteiger partial charge in [0, 0.05) is 12.0 Å². The zero-order valence-corrected chi connectivity index (χ0v) is 13.6. The largest absolute Gasteiger partial charge is 0.480 e. The summed E-state index contributed by atoms with van der Waals surface area (Å²) < 4.78 is 5.33. The summed E-state index contributed by atoms with van der Waals surface area (Å²) in [5.41, 5.74) is -0.0222. The smallest absolute Gasteiger partial charge is 0.329 e. The van der Waals surface area contributed by atoms with Crippen molar-refractivity contribution in [1.82, 2.24) is 10.5 Å². The van der Waals surface area contributed by atoms with Crippen LogP contribution in [0.1, 0.15) is 73.7 Å². The highest BCUT2D eigenvalue weighted by atomic mass is 16.5. The van der Waals surface area contributed by atoms with Gasteiger partial charge in [0.15, 0.2) is 5.69 Å². The van der Waals surface area contributed by atoms with Gasteiger partial charge in [0.25, 0.3) is 5.91 Å². The summed E-state index contributed by atoms with van der Waals surface area (Å²) in [6.45, 7) is 2.12. The van der Waals surface area contributed by atoms with Crippen LogP contribution in [0.25, 0.3) is 0 Å². The molecule has 23 heavy (non-hydrogen) atoms. The maximum Gasteiger partial charge on any atom is 0.329 e. The molecule has 0 bridgehead atoms. The number of carbonyl (C=O) groups excluding carboxylic acids is 1. The van der Waals surface area contributed by atoms with Crippen molar-refractivity contribution < 1.29 is 19.2 Å². The van der Waals surface area contributed by atoms with Crippen molar-refractivity contribution in [3.05, 3.63) is 17.0 Å². The molecule has 6 heteroatoms. The maximum atomic E-state index is 12.7. The quantitative estimate of drug-likeness (QED) is 0.835. The number of nitrogens with zero attached hydrogens (tertiary/aromatic N) is 1. The van der Waals surface area contributed by atoms with Crippen molar-refractivity contribution in [1.29, 1.82) is 0 Å². The molecule has 2 aliphatic carbocycles. The number of fused-ring (bicyclic) bond motifs is 1. The zero-order valence-electron chi connectivity index (χ0n) is 13.6. The summed E-state index contributed by atoms with van der Waals surface area (Å²) in [6, 6.07) is 0. The first kappa shape index (κ1) is 16.0. The Morgan fingerprint density at radius 3 is 2.61 bits per heavy atom. The first-order chi connectivity index (χ1) is 11.0. The van der Waals surface area contributed by atoms with E-state index in [1.165, 1.54) is 0 Å². The number of aryl methyl sites for hydroxylation is 1. The molecule has 1 fully saturated rings. The molecule has 0 saturated heterocycles. The first-order valence-corrected chi connectivity index (χ1v) is 8.55. The molecule has 3 rings (SSSR count). The molecule has 0 unspecified atom stereocenters. The standard InChI is InChI=1S/C17H24N2O4/c1-11-7-9-17(10-8-11,16(21)22)18-15(20)14-12-5-3-2-4-6-13(12)23-19-14/h11H,2-10H2,1H3,(H,18,20)(H,21,22). The molecule has 126 valence electrons. The van der Waals surface area contributed by atoms with Crippen LogP contribution in [0.2, 0.25) is 0 Å². The van der Waals surface area contributed by atoms with Crippen molar-refractivity contribution in [2.75, 3.05) is 0 Å². The van der Waals surface area contributed by atoms with Gasteiger partial charge in [-0.15, -0.1) is 0 Å². The third kappa shape index (κ3) is 3.12. The van der Waals surface area contributed by atoms with Gasteiger partial charge in [0.2, 0.25) is 0 Å². The molecule has 6 nitrogen and oxygen atoms in total. The number of carboxylic acids is 1. The van der Waals surface area contributed by atoms with Gasteiger partial charge < -0.3 is 14.9 Å². The third-order valence-electron chi connectivity index (χ3n) is 5.31. The van der Waals surface area contributed by atoms with Gasteiger partial charge >= 0.3 is 5.97 Å². The first-order valence-electron chi connectivity index (χ1n) is 8.55. The van der Waals surface area contributed by atoms with E-state index in [1.807, 2.05) is 0 Å². The van der Waals surface area contributed by atoms with E-state index in [4.69, 9.17) is 4.52 Å². The minimum Gasteiger partial charge on any atom is -0.480 e. The Labute approximate surface area is 135 Å². The van der Waals surface area contributed by atoms with Crippen molar-refractivity contribution in [3.63, 3.8) is 0 Å². The van der Waals surface area contributed by atoms with E-state index in [-0.39, 0.29) is 5.69 Å². The monoisotopic (exact) mass is 320 g/mol. The van der Waals surface area contributed by atoms with Crippen molar-refractivity contribution in [2.45, 2.75) is 70.3 Å². The highest BCUT2D eigenvalue weighted by Crippen LogP contribution is 2.33. The molecular weight excluding hydrogens is 296 g/mol. The van der Waals surface area contributed by atoms with Crippen LogP contribution >= 0.6 is 0 Å². The van der Waals surface area contributed by atoms with E-state index in [2.05, 4.69) is 17.4 Å². The van der Waals surface area contributed by atoms with E-state index >= 15 is 0 Å². The molecule has 0 radical (unpaired) electrons. The van der Waals surface area contributed by atoms with E-state index < -0.39 is 17.4 Å². The molecule has 0 atom stereocenters. The second kappa shape index (κ2) is 6.34. The number of carboxylic acid groups (broad SMARTS) is 1. The van der Waals surface area contributed by atoms with Gasteiger partial charge in [0.1, 0.15) is 11.3 Å². The number of nitrogens with one attached hydrogen (secondary N) is 1. The van der Waals surface area contributed by atoms with Crippen molar-refractivity contribution in [2.24, 2.45) is 5.92 Å². The summed E-state index contributed by atoms with van der Waals surface area (Å²) in [5.74, 6) is -0.0711. The average molecular weight is 320 g/mol. The van der Waals surface area contributed by atoms with E-state index in [0.717, 1.165) is 56.3 Å². The molecule has 1 aromatic heterocycles. The number of hydrogen-bond acceptors (Lipinski definition) is 4. The fourth-order valence-electron chi connectivity index (χ4n) is 3.66. The molecule has 2 N–H and O–H groups in total. The number of aromatic nitrogens is 1. The van der Waals surface area contributed by atoms with Gasteiger partial charge in [-0.25, -0.2) is 4.79 Å². The SMILES string of the molecule is CC1CCC(NC(=O)c2noc3c2CCCCC3)(C(=O)O)CC1. The van der Waals surface area contributed by atoms with Gasteiger partial charge in [0.05, 0.1) is 0 Å². The van der Waals surface area contributed by atoms with Crippen LogP contribution in [0.3, 0.4) is 0 Å². The van der Waals surface area contributed by atoms with Crippen LogP contribution in [0.5, 0.6) is 0 Å². The minimum absolute atomic E-state index is 0.279. The van der Waals surface area contributed by atoms with Gasteiger partial charge in [-0.2, -0.15) is 0 Å². The van der Waals surface area contributed by atoms with Crippen LogP contribution < -0.4 is 5.32 Å². The summed E-state index contributed by atoms with van der Waals surface area (Å²) in [4.78, 5) is 24.4. The highest BCUT2D eigenvalue weighted by Gasteiger charge is 2.43. The number of hydrogen-bond donors (Lipinski definition) is 2. The Kier molecular flexibility index (Phi) is 4.41. The van der Waals surface area contributed by atoms with Crippen LogP contribution in [-0.4, -0.2) is 27.7 Å². The Bertz CT molecular complexity index is 600.